The molecule has 1 unspecified atom stereocenters. The fourth-order valence-electron chi connectivity index (χ4n) is 2.64. The Morgan fingerprint density at radius 2 is 1.88 bits per heavy atom. The minimum atomic E-state index is -0.0241. The van der Waals surface area contributed by atoms with Crippen LogP contribution in [0.2, 0.25) is 0 Å². The summed E-state index contributed by atoms with van der Waals surface area (Å²) in [7, 11) is 1.82. The van der Waals surface area contributed by atoms with E-state index in [0.29, 0.717) is 13.0 Å². The number of aromatic nitrogens is 3. The first kappa shape index (κ1) is 17.7. The zero-order valence-electron chi connectivity index (χ0n) is 14.9. The minimum Gasteiger partial charge on any atom is -0.493 e. The topological polar surface area (TPSA) is 60.2 Å². The van der Waals surface area contributed by atoms with Crippen LogP contribution in [0.5, 0.6) is 5.75 Å². The Kier molecular flexibility index (Phi) is 5.63. The van der Waals surface area contributed by atoms with E-state index in [1.165, 1.54) is 6.33 Å². The molecule has 26 heavy (non-hydrogen) atoms. The molecule has 1 aromatic heterocycles. The van der Waals surface area contributed by atoms with E-state index in [1.807, 2.05) is 68.6 Å². The number of hydrogen-bond donors (Lipinski definition) is 0. The number of hydrogen-bond acceptors (Lipinski definition) is 4. The van der Waals surface area contributed by atoms with Crippen LogP contribution in [0.4, 0.5) is 0 Å². The van der Waals surface area contributed by atoms with Crippen molar-refractivity contribution in [2.75, 3.05) is 13.7 Å². The molecule has 0 bridgehead atoms. The van der Waals surface area contributed by atoms with Crippen LogP contribution in [0, 0.1) is 0 Å². The molecular weight excluding hydrogens is 328 g/mol. The molecule has 0 saturated carbocycles. The van der Waals surface area contributed by atoms with Crippen molar-refractivity contribution in [1.29, 1.82) is 0 Å². The second-order valence-electron chi connectivity index (χ2n) is 6.02. The van der Waals surface area contributed by atoms with Gasteiger partial charge < -0.3 is 9.64 Å². The number of nitrogens with zero attached hydrogens (tertiary/aromatic N) is 4. The lowest BCUT2D eigenvalue weighted by molar-refractivity contribution is -0.132. The van der Waals surface area contributed by atoms with E-state index >= 15 is 0 Å². The van der Waals surface area contributed by atoms with Gasteiger partial charge in [0.1, 0.15) is 18.4 Å². The summed E-state index contributed by atoms with van der Waals surface area (Å²) in [4.78, 5) is 18.1. The molecule has 3 aromatic rings. The van der Waals surface area contributed by atoms with Gasteiger partial charge in [0.15, 0.2) is 0 Å². The molecule has 0 radical (unpaired) electrons. The molecule has 0 aliphatic rings. The molecule has 134 valence electrons. The summed E-state index contributed by atoms with van der Waals surface area (Å²) in [6, 6.07) is 17.4. The molecular formula is C20H22N4O2. The van der Waals surface area contributed by atoms with E-state index in [2.05, 4.69) is 10.1 Å². The zero-order chi connectivity index (χ0) is 18.4. The number of amides is 1. The van der Waals surface area contributed by atoms with Crippen LogP contribution in [0.15, 0.2) is 67.3 Å². The quantitative estimate of drug-likeness (QED) is 0.656. The van der Waals surface area contributed by atoms with Gasteiger partial charge in [-0.05, 0) is 36.8 Å². The van der Waals surface area contributed by atoms with Gasteiger partial charge in [0.05, 0.1) is 24.8 Å². The van der Waals surface area contributed by atoms with Crippen molar-refractivity contribution >= 4 is 5.91 Å². The average Bonchev–Trinajstić information content (AvgIpc) is 3.22. The molecule has 0 fully saturated rings. The maximum atomic E-state index is 12.4. The summed E-state index contributed by atoms with van der Waals surface area (Å²) in [6.07, 6.45) is 3.49. The molecule has 0 aliphatic carbocycles. The van der Waals surface area contributed by atoms with Crippen molar-refractivity contribution in [2.45, 2.75) is 19.4 Å². The van der Waals surface area contributed by atoms with E-state index in [4.69, 9.17) is 4.74 Å². The van der Waals surface area contributed by atoms with E-state index in [-0.39, 0.29) is 11.9 Å². The molecule has 3 rings (SSSR count). The number of carbonyl (C=O) groups is 1. The first-order chi connectivity index (χ1) is 12.6. The van der Waals surface area contributed by atoms with Gasteiger partial charge in [-0.3, -0.25) is 4.79 Å². The van der Waals surface area contributed by atoms with E-state index in [0.717, 1.165) is 17.0 Å². The van der Waals surface area contributed by atoms with Gasteiger partial charge in [-0.1, -0.05) is 30.3 Å². The average molecular weight is 350 g/mol. The molecule has 0 N–H and O–H groups in total. The van der Waals surface area contributed by atoms with Crippen molar-refractivity contribution in [3.05, 3.63) is 72.8 Å². The first-order valence-electron chi connectivity index (χ1n) is 8.53. The lowest BCUT2D eigenvalue weighted by atomic mass is 10.1. The van der Waals surface area contributed by atoms with Crippen LogP contribution in [-0.4, -0.2) is 39.2 Å². The third kappa shape index (κ3) is 4.27. The van der Waals surface area contributed by atoms with Gasteiger partial charge in [-0.15, -0.1) is 0 Å². The monoisotopic (exact) mass is 350 g/mol. The highest BCUT2D eigenvalue weighted by atomic mass is 16.5. The van der Waals surface area contributed by atoms with Crippen molar-refractivity contribution < 1.29 is 9.53 Å². The highest BCUT2D eigenvalue weighted by Gasteiger charge is 2.17. The van der Waals surface area contributed by atoms with Gasteiger partial charge in [-0.25, -0.2) is 9.67 Å². The SMILES string of the molecule is CC(c1ccc(-n2cncn2)cc1)N(C)C(=O)CCOc1ccccc1. The summed E-state index contributed by atoms with van der Waals surface area (Å²) in [5.74, 6) is 0.827. The maximum absolute atomic E-state index is 12.4. The predicted octanol–water partition coefficient (Wildman–Crippen LogP) is 3.26. The fourth-order valence-corrected chi connectivity index (χ4v) is 2.64. The molecule has 1 heterocycles. The third-order valence-corrected chi connectivity index (χ3v) is 4.36. The fraction of sp³-hybridized carbons (Fsp3) is 0.250. The van der Waals surface area contributed by atoms with Gasteiger partial charge in [-0.2, -0.15) is 5.10 Å². The van der Waals surface area contributed by atoms with E-state index < -0.39 is 0 Å². The second kappa shape index (κ2) is 8.29. The van der Waals surface area contributed by atoms with Crippen molar-refractivity contribution in [3.63, 3.8) is 0 Å². The second-order valence-corrected chi connectivity index (χ2v) is 6.02. The lowest BCUT2D eigenvalue weighted by Crippen LogP contribution is -2.30. The summed E-state index contributed by atoms with van der Waals surface area (Å²) in [5.41, 5.74) is 2.00. The number of ether oxygens (including phenoxy) is 1. The number of carbonyl (C=O) groups excluding carboxylic acids is 1. The molecule has 1 amide bonds. The molecule has 6 nitrogen and oxygen atoms in total. The predicted molar refractivity (Wildman–Crippen MR) is 99.1 cm³/mol. The number of para-hydroxylation sites is 1. The summed E-state index contributed by atoms with van der Waals surface area (Å²) < 4.78 is 7.30. The van der Waals surface area contributed by atoms with Crippen molar-refractivity contribution in [1.82, 2.24) is 19.7 Å². The minimum absolute atomic E-state index is 0.0241. The van der Waals surface area contributed by atoms with Crippen molar-refractivity contribution in [3.8, 4) is 11.4 Å². The Balaban J connectivity index is 1.54. The largest absolute Gasteiger partial charge is 0.493 e. The van der Waals surface area contributed by atoms with Gasteiger partial charge in [0, 0.05) is 7.05 Å². The number of rotatable bonds is 7. The molecule has 2 aromatic carbocycles. The van der Waals surface area contributed by atoms with Gasteiger partial charge in [0.25, 0.3) is 0 Å². The van der Waals surface area contributed by atoms with Crippen molar-refractivity contribution in [2.24, 2.45) is 0 Å². The Hall–Kier alpha value is -3.15. The van der Waals surface area contributed by atoms with Crippen LogP contribution < -0.4 is 4.74 Å². The Morgan fingerprint density at radius 3 is 2.54 bits per heavy atom. The normalized spacial score (nSPS) is 11.8. The van der Waals surface area contributed by atoms with Gasteiger partial charge in [0.2, 0.25) is 5.91 Å². The summed E-state index contributed by atoms with van der Waals surface area (Å²) >= 11 is 0. The first-order valence-corrected chi connectivity index (χ1v) is 8.53. The smallest absolute Gasteiger partial charge is 0.226 e. The van der Waals surface area contributed by atoms with Crippen LogP contribution in [-0.2, 0) is 4.79 Å². The van der Waals surface area contributed by atoms with E-state index in [1.54, 1.807) is 15.9 Å². The molecule has 6 heteroatoms. The summed E-state index contributed by atoms with van der Waals surface area (Å²) in [5, 5.41) is 4.11. The standard InChI is InChI=1S/C20H22N4O2/c1-16(17-8-10-18(11-9-17)24-15-21-14-22-24)23(2)20(25)12-13-26-19-6-4-3-5-7-19/h3-11,14-16H,12-13H2,1-2H3. The Labute approximate surface area is 153 Å². The van der Waals surface area contributed by atoms with Gasteiger partial charge >= 0.3 is 0 Å². The third-order valence-electron chi connectivity index (χ3n) is 4.36. The zero-order valence-corrected chi connectivity index (χ0v) is 14.9. The lowest BCUT2D eigenvalue weighted by Gasteiger charge is -2.25. The van der Waals surface area contributed by atoms with E-state index in [9.17, 15) is 4.79 Å². The Morgan fingerprint density at radius 1 is 1.15 bits per heavy atom. The highest BCUT2D eigenvalue weighted by molar-refractivity contribution is 5.76. The molecule has 0 aliphatic heterocycles. The molecule has 0 saturated heterocycles. The number of benzene rings is 2. The molecule has 1 atom stereocenters. The van der Waals surface area contributed by atoms with Crippen LogP contribution in [0.25, 0.3) is 5.69 Å². The Bertz CT molecular complexity index is 817. The maximum Gasteiger partial charge on any atom is 0.226 e. The van der Waals surface area contributed by atoms with Crippen LogP contribution in [0.1, 0.15) is 24.9 Å². The highest BCUT2D eigenvalue weighted by Crippen LogP contribution is 2.21. The van der Waals surface area contributed by atoms with Crippen LogP contribution >= 0.6 is 0 Å². The summed E-state index contributed by atoms with van der Waals surface area (Å²) in [6.45, 7) is 2.38. The van der Waals surface area contributed by atoms with Crippen LogP contribution in [0.3, 0.4) is 0 Å². The molecule has 0 spiro atoms.